The topological polar surface area (TPSA) is 24.1 Å². The third-order valence-corrected chi connectivity index (χ3v) is 5.38. The zero-order chi connectivity index (χ0) is 12.2. The Morgan fingerprint density at radius 3 is 1.17 bits per heavy atom. The Kier molecular flexibility index (Phi) is 4.58. The van der Waals surface area contributed by atoms with E-state index < -0.39 is 0 Å². The largest absolute Gasteiger partial charge is 0.310 e. The molecule has 3 aliphatic rings. The van der Waals surface area contributed by atoms with Crippen molar-refractivity contribution in [2.45, 2.75) is 101 Å². The van der Waals surface area contributed by atoms with Crippen molar-refractivity contribution in [2.75, 3.05) is 0 Å². The van der Waals surface area contributed by atoms with Gasteiger partial charge in [0, 0.05) is 24.2 Å². The Morgan fingerprint density at radius 1 is 0.444 bits per heavy atom. The van der Waals surface area contributed by atoms with Crippen LogP contribution in [0, 0.1) is 0 Å². The van der Waals surface area contributed by atoms with Gasteiger partial charge in [-0.2, -0.15) is 0 Å². The lowest BCUT2D eigenvalue weighted by Gasteiger charge is -2.36. The molecule has 3 aliphatic carbocycles. The first-order valence-corrected chi connectivity index (χ1v) is 8.44. The van der Waals surface area contributed by atoms with Crippen LogP contribution in [-0.4, -0.2) is 24.2 Å². The van der Waals surface area contributed by atoms with Crippen molar-refractivity contribution >= 4 is 0 Å². The highest BCUT2D eigenvalue weighted by Gasteiger charge is 2.30. The molecule has 0 aromatic carbocycles. The minimum absolute atomic E-state index is 0.766. The predicted octanol–water partition coefficient (Wildman–Crippen LogP) is 3.36. The third-order valence-electron chi connectivity index (χ3n) is 5.38. The predicted molar refractivity (Wildman–Crippen MR) is 76.8 cm³/mol. The van der Waals surface area contributed by atoms with Crippen molar-refractivity contribution in [1.82, 2.24) is 10.6 Å². The quantitative estimate of drug-likeness (QED) is 0.799. The Balaban J connectivity index is 1.51. The molecule has 0 saturated heterocycles. The molecule has 2 heteroatoms. The van der Waals surface area contributed by atoms with E-state index in [1.807, 2.05) is 0 Å². The summed E-state index contributed by atoms with van der Waals surface area (Å²) in [6.45, 7) is 0. The average Bonchev–Trinajstić information content (AvgIpc) is 3.05. The summed E-state index contributed by atoms with van der Waals surface area (Å²) in [5.41, 5.74) is 0. The maximum absolute atomic E-state index is 3.98. The standard InChI is InChI=1S/C16H30N2/c1-2-8-13(7-1)17-15-11-5-6-12-16(15)18-14-9-3-4-10-14/h13-18H,1-12H2/t15-,16-/m1/s1. The van der Waals surface area contributed by atoms with Gasteiger partial charge in [-0.15, -0.1) is 0 Å². The third kappa shape index (κ3) is 3.27. The molecule has 0 heterocycles. The van der Waals surface area contributed by atoms with Crippen LogP contribution in [0.1, 0.15) is 77.0 Å². The molecule has 0 aromatic rings. The second-order valence-electron chi connectivity index (χ2n) is 6.79. The van der Waals surface area contributed by atoms with Crippen molar-refractivity contribution in [3.05, 3.63) is 0 Å². The van der Waals surface area contributed by atoms with Gasteiger partial charge >= 0.3 is 0 Å². The van der Waals surface area contributed by atoms with E-state index in [1.165, 1.54) is 77.0 Å². The van der Waals surface area contributed by atoms with E-state index in [2.05, 4.69) is 10.6 Å². The summed E-state index contributed by atoms with van der Waals surface area (Å²) in [6.07, 6.45) is 17.2. The van der Waals surface area contributed by atoms with Crippen LogP contribution in [0.25, 0.3) is 0 Å². The summed E-state index contributed by atoms with van der Waals surface area (Å²) in [4.78, 5) is 0. The number of rotatable bonds is 4. The fourth-order valence-electron chi connectivity index (χ4n) is 4.32. The molecular weight excluding hydrogens is 220 g/mol. The summed E-state index contributed by atoms with van der Waals surface area (Å²) >= 11 is 0. The van der Waals surface area contributed by atoms with E-state index >= 15 is 0 Å². The zero-order valence-electron chi connectivity index (χ0n) is 11.8. The van der Waals surface area contributed by atoms with Crippen LogP contribution in [0.4, 0.5) is 0 Å². The van der Waals surface area contributed by atoms with E-state index in [4.69, 9.17) is 0 Å². The van der Waals surface area contributed by atoms with E-state index in [0.717, 1.165) is 24.2 Å². The van der Waals surface area contributed by atoms with Crippen LogP contribution < -0.4 is 10.6 Å². The molecule has 0 aliphatic heterocycles. The average molecular weight is 250 g/mol. The van der Waals surface area contributed by atoms with Crippen molar-refractivity contribution in [1.29, 1.82) is 0 Å². The zero-order valence-corrected chi connectivity index (χ0v) is 11.8. The molecule has 3 saturated carbocycles. The van der Waals surface area contributed by atoms with Gasteiger partial charge in [0.2, 0.25) is 0 Å². The lowest BCUT2D eigenvalue weighted by molar-refractivity contribution is 0.246. The molecule has 3 fully saturated rings. The van der Waals surface area contributed by atoms with Crippen molar-refractivity contribution in [3.8, 4) is 0 Å². The Bertz CT molecular complexity index is 215. The number of hydrogen-bond donors (Lipinski definition) is 2. The smallest absolute Gasteiger partial charge is 0.0223 e. The van der Waals surface area contributed by atoms with E-state index in [-0.39, 0.29) is 0 Å². The van der Waals surface area contributed by atoms with Crippen molar-refractivity contribution in [2.24, 2.45) is 0 Å². The summed E-state index contributed by atoms with van der Waals surface area (Å²) < 4.78 is 0. The van der Waals surface area contributed by atoms with Gasteiger partial charge in [0.05, 0.1) is 0 Å². The first-order chi connectivity index (χ1) is 8.92. The lowest BCUT2D eigenvalue weighted by Crippen LogP contribution is -2.54. The second-order valence-corrected chi connectivity index (χ2v) is 6.79. The fourth-order valence-corrected chi connectivity index (χ4v) is 4.32. The van der Waals surface area contributed by atoms with Crippen molar-refractivity contribution in [3.63, 3.8) is 0 Å². The normalized spacial score (nSPS) is 35.3. The minimum Gasteiger partial charge on any atom is -0.310 e. The van der Waals surface area contributed by atoms with E-state index in [9.17, 15) is 0 Å². The SMILES string of the molecule is C1CCC(N[C@@H]2CCCC[C@H]2NC2CCCC2)C1. The molecule has 2 atom stereocenters. The maximum Gasteiger partial charge on any atom is 0.0223 e. The van der Waals surface area contributed by atoms with Gasteiger partial charge in [0.1, 0.15) is 0 Å². The first kappa shape index (κ1) is 12.9. The van der Waals surface area contributed by atoms with Crippen LogP contribution in [-0.2, 0) is 0 Å². The monoisotopic (exact) mass is 250 g/mol. The van der Waals surface area contributed by atoms with Crippen LogP contribution >= 0.6 is 0 Å². The highest BCUT2D eigenvalue weighted by atomic mass is 15.1. The highest BCUT2D eigenvalue weighted by molar-refractivity contribution is 4.92. The van der Waals surface area contributed by atoms with Gasteiger partial charge in [0.25, 0.3) is 0 Å². The van der Waals surface area contributed by atoms with Crippen LogP contribution in [0.15, 0.2) is 0 Å². The molecule has 104 valence electrons. The minimum atomic E-state index is 0.766. The molecular formula is C16H30N2. The molecule has 0 bridgehead atoms. The van der Waals surface area contributed by atoms with Crippen LogP contribution in [0.5, 0.6) is 0 Å². The summed E-state index contributed by atoms with van der Waals surface area (Å²) in [7, 11) is 0. The van der Waals surface area contributed by atoms with Gasteiger partial charge in [-0.1, -0.05) is 38.5 Å². The Morgan fingerprint density at radius 2 is 0.778 bits per heavy atom. The lowest BCUT2D eigenvalue weighted by atomic mass is 9.89. The number of nitrogens with one attached hydrogen (secondary N) is 2. The summed E-state index contributed by atoms with van der Waals surface area (Å²) in [5, 5.41) is 7.96. The second kappa shape index (κ2) is 6.38. The van der Waals surface area contributed by atoms with Gasteiger partial charge < -0.3 is 10.6 Å². The van der Waals surface area contributed by atoms with Gasteiger partial charge in [-0.3, -0.25) is 0 Å². The summed E-state index contributed by atoms with van der Waals surface area (Å²) in [5.74, 6) is 0. The molecule has 0 radical (unpaired) electrons. The van der Waals surface area contributed by atoms with Gasteiger partial charge in [0.15, 0.2) is 0 Å². The van der Waals surface area contributed by atoms with Crippen LogP contribution in [0.2, 0.25) is 0 Å². The molecule has 3 rings (SSSR count). The van der Waals surface area contributed by atoms with E-state index in [1.54, 1.807) is 0 Å². The molecule has 0 unspecified atom stereocenters. The maximum atomic E-state index is 3.98. The molecule has 0 spiro atoms. The summed E-state index contributed by atoms with van der Waals surface area (Å²) in [6, 6.07) is 3.20. The molecule has 2 nitrogen and oxygen atoms in total. The van der Waals surface area contributed by atoms with E-state index in [0.29, 0.717) is 0 Å². The molecule has 0 amide bonds. The Labute approximate surface area is 112 Å². The van der Waals surface area contributed by atoms with Crippen molar-refractivity contribution < 1.29 is 0 Å². The van der Waals surface area contributed by atoms with Gasteiger partial charge in [-0.05, 0) is 38.5 Å². The van der Waals surface area contributed by atoms with Crippen LogP contribution in [0.3, 0.4) is 0 Å². The first-order valence-electron chi connectivity index (χ1n) is 8.44. The molecule has 2 N–H and O–H groups in total. The fraction of sp³-hybridized carbons (Fsp3) is 1.00. The molecule has 0 aromatic heterocycles. The van der Waals surface area contributed by atoms with Gasteiger partial charge in [-0.25, -0.2) is 0 Å². The Hall–Kier alpha value is -0.0800. The number of hydrogen-bond acceptors (Lipinski definition) is 2. The highest BCUT2D eigenvalue weighted by Crippen LogP contribution is 2.26. The molecule has 18 heavy (non-hydrogen) atoms.